The molecule has 20 heavy (non-hydrogen) atoms. The summed E-state index contributed by atoms with van der Waals surface area (Å²) in [5.74, 6) is 0.901. The summed E-state index contributed by atoms with van der Waals surface area (Å²) in [6.07, 6.45) is 1.18. The average Bonchev–Trinajstić information content (AvgIpc) is 2.86. The molecule has 112 valence electrons. The summed E-state index contributed by atoms with van der Waals surface area (Å²) < 4.78 is 29.0. The van der Waals surface area contributed by atoms with Crippen molar-refractivity contribution in [1.29, 1.82) is 0 Å². The van der Waals surface area contributed by atoms with E-state index in [1.165, 1.54) is 6.42 Å². The van der Waals surface area contributed by atoms with Crippen LogP contribution in [0.5, 0.6) is 5.75 Å². The van der Waals surface area contributed by atoms with Gasteiger partial charge in [0.15, 0.2) is 0 Å². The van der Waals surface area contributed by atoms with Gasteiger partial charge in [-0.05, 0) is 57.1 Å². The van der Waals surface area contributed by atoms with Crippen LogP contribution < -0.4 is 10.1 Å². The first-order chi connectivity index (χ1) is 9.60. The molecule has 0 radical (unpaired) electrons. The SMILES string of the molecule is CNCC1CCN(C(C)c2cccc(OC(F)F)c2)C1. The van der Waals surface area contributed by atoms with Gasteiger partial charge in [0.2, 0.25) is 0 Å². The summed E-state index contributed by atoms with van der Waals surface area (Å²) >= 11 is 0. The molecule has 2 rings (SSSR count). The second-order valence-electron chi connectivity index (χ2n) is 5.33. The molecule has 0 aliphatic carbocycles. The monoisotopic (exact) mass is 284 g/mol. The van der Waals surface area contributed by atoms with Crippen LogP contribution in [0.15, 0.2) is 24.3 Å². The van der Waals surface area contributed by atoms with E-state index in [1.54, 1.807) is 18.2 Å². The fraction of sp³-hybridized carbons (Fsp3) is 0.600. The number of rotatable bonds is 6. The molecule has 0 spiro atoms. The smallest absolute Gasteiger partial charge is 0.387 e. The minimum Gasteiger partial charge on any atom is -0.435 e. The summed E-state index contributed by atoms with van der Waals surface area (Å²) in [7, 11) is 1.97. The standard InChI is InChI=1S/C15H22F2N2O/c1-11(19-7-6-12(10-19)9-18-2)13-4-3-5-14(8-13)20-15(16)17/h3-5,8,11-12,15,18H,6-7,9-10H2,1-2H3. The Balaban J connectivity index is 2.00. The molecule has 1 aliphatic heterocycles. The molecule has 1 saturated heterocycles. The van der Waals surface area contributed by atoms with Crippen molar-refractivity contribution < 1.29 is 13.5 Å². The van der Waals surface area contributed by atoms with Crippen molar-refractivity contribution in [2.45, 2.75) is 26.0 Å². The van der Waals surface area contributed by atoms with E-state index in [4.69, 9.17) is 0 Å². The van der Waals surface area contributed by atoms with Gasteiger partial charge in [-0.1, -0.05) is 12.1 Å². The van der Waals surface area contributed by atoms with E-state index in [2.05, 4.69) is 21.9 Å². The van der Waals surface area contributed by atoms with E-state index in [0.717, 1.165) is 25.2 Å². The van der Waals surface area contributed by atoms with Crippen LogP contribution >= 0.6 is 0 Å². The third-order valence-corrected chi connectivity index (χ3v) is 3.92. The zero-order chi connectivity index (χ0) is 14.5. The predicted molar refractivity (Wildman–Crippen MR) is 75.1 cm³/mol. The average molecular weight is 284 g/mol. The minimum atomic E-state index is -2.77. The Morgan fingerprint density at radius 3 is 2.95 bits per heavy atom. The Morgan fingerprint density at radius 2 is 2.25 bits per heavy atom. The molecule has 3 nitrogen and oxygen atoms in total. The molecule has 1 aromatic rings. The van der Waals surface area contributed by atoms with Crippen LogP contribution in [-0.2, 0) is 0 Å². The quantitative estimate of drug-likeness (QED) is 0.869. The third kappa shape index (κ3) is 3.90. The van der Waals surface area contributed by atoms with Gasteiger partial charge in [0.05, 0.1) is 0 Å². The molecule has 0 bridgehead atoms. The number of likely N-dealkylation sites (tertiary alicyclic amines) is 1. The lowest BCUT2D eigenvalue weighted by atomic mass is 10.1. The van der Waals surface area contributed by atoms with Crippen LogP contribution in [0.1, 0.15) is 24.9 Å². The third-order valence-electron chi connectivity index (χ3n) is 3.92. The van der Waals surface area contributed by atoms with Crippen LogP contribution in [-0.4, -0.2) is 38.2 Å². The number of nitrogens with zero attached hydrogens (tertiary/aromatic N) is 1. The van der Waals surface area contributed by atoms with Crippen LogP contribution in [0.25, 0.3) is 0 Å². The van der Waals surface area contributed by atoms with E-state index in [9.17, 15) is 8.78 Å². The minimum absolute atomic E-state index is 0.220. The summed E-state index contributed by atoms with van der Waals surface area (Å²) in [4.78, 5) is 2.39. The lowest BCUT2D eigenvalue weighted by Gasteiger charge is -2.25. The molecule has 2 atom stereocenters. The number of hydrogen-bond acceptors (Lipinski definition) is 3. The fourth-order valence-electron chi connectivity index (χ4n) is 2.83. The van der Waals surface area contributed by atoms with Gasteiger partial charge in [-0.2, -0.15) is 8.78 Å². The number of alkyl halides is 2. The maximum Gasteiger partial charge on any atom is 0.387 e. The summed E-state index contributed by atoms with van der Waals surface area (Å²) in [6, 6.07) is 7.23. The summed E-state index contributed by atoms with van der Waals surface area (Å²) in [6.45, 7) is 2.46. The lowest BCUT2D eigenvalue weighted by molar-refractivity contribution is -0.0499. The van der Waals surface area contributed by atoms with E-state index >= 15 is 0 Å². The van der Waals surface area contributed by atoms with Crippen molar-refractivity contribution in [3.63, 3.8) is 0 Å². The first-order valence-corrected chi connectivity index (χ1v) is 7.03. The van der Waals surface area contributed by atoms with E-state index in [-0.39, 0.29) is 11.8 Å². The highest BCUT2D eigenvalue weighted by Gasteiger charge is 2.26. The van der Waals surface area contributed by atoms with Gasteiger partial charge >= 0.3 is 6.61 Å². The number of halogens is 2. The molecule has 0 saturated carbocycles. The zero-order valence-corrected chi connectivity index (χ0v) is 12.0. The molecule has 1 fully saturated rings. The van der Waals surface area contributed by atoms with E-state index in [1.807, 2.05) is 13.1 Å². The zero-order valence-electron chi connectivity index (χ0n) is 12.0. The molecular weight excluding hydrogens is 262 g/mol. The van der Waals surface area contributed by atoms with E-state index in [0.29, 0.717) is 5.92 Å². The number of benzene rings is 1. The Hall–Kier alpha value is -1.20. The van der Waals surface area contributed by atoms with Crippen molar-refractivity contribution in [3.05, 3.63) is 29.8 Å². The van der Waals surface area contributed by atoms with Gasteiger partial charge in [0, 0.05) is 12.6 Å². The molecular formula is C15H22F2N2O. The Labute approximate surface area is 118 Å². The predicted octanol–water partition coefficient (Wildman–Crippen LogP) is 2.89. The largest absolute Gasteiger partial charge is 0.435 e. The first-order valence-electron chi connectivity index (χ1n) is 7.03. The Bertz CT molecular complexity index is 428. The molecule has 5 heteroatoms. The normalized spacial score (nSPS) is 21.4. The van der Waals surface area contributed by atoms with Crippen molar-refractivity contribution in [2.24, 2.45) is 5.92 Å². The molecule has 0 aromatic heterocycles. The highest BCUT2D eigenvalue weighted by molar-refractivity contribution is 5.30. The molecule has 1 aliphatic rings. The molecule has 1 heterocycles. The van der Waals surface area contributed by atoms with Crippen molar-refractivity contribution in [2.75, 3.05) is 26.7 Å². The second kappa shape index (κ2) is 6.99. The van der Waals surface area contributed by atoms with Gasteiger partial charge in [0.25, 0.3) is 0 Å². The van der Waals surface area contributed by atoms with Gasteiger partial charge in [-0.15, -0.1) is 0 Å². The molecule has 2 unspecified atom stereocenters. The lowest BCUT2D eigenvalue weighted by Crippen LogP contribution is -2.27. The van der Waals surface area contributed by atoms with Gasteiger partial charge < -0.3 is 10.1 Å². The van der Waals surface area contributed by atoms with Gasteiger partial charge in [-0.3, -0.25) is 4.90 Å². The van der Waals surface area contributed by atoms with Crippen LogP contribution in [0.4, 0.5) is 8.78 Å². The molecule has 0 amide bonds. The Kier molecular flexibility index (Phi) is 5.31. The molecule has 1 aromatic carbocycles. The topological polar surface area (TPSA) is 24.5 Å². The van der Waals surface area contributed by atoms with Crippen LogP contribution in [0.2, 0.25) is 0 Å². The summed E-state index contributed by atoms with van der Waals surface area (Å²) in [5, 5.41) is 3.21. The number of hydrogen-bond donors (Lipinski definition) is 1. The molecule has 1 N–H and O–H groups in total. The maximum atomic E-state index is 12.3. The van der Waals surface area contributed by atoms with Crippen LogP contribution in [0.3, 0.4) is 0 Å². The number of nitrogens with one attached hydrogen (secondary N) is 1. The second-order valence-corrected chi connectivity index (χ2v) is 5.33. The van der Waals surface area contributed by atoms with Gasteiger partial charge in [0.1, 0.15) is 5.75 Å². The highest BCUT2D eigenvalue weighted by Crippen LogP contribution is 2.29. The van der Waals surface area contributed by atoms with Crippen molar-refractivity contribution in [3.8, 4) is 5.75 Å². The maximum absolute atomic E-state index is 12.3. The van der Waals surface area contributed by atoms with Crippen molar-refractivity contribution in [1.82, 2.24) is 10.2 Å². The first kappa shape index (κ1) is 15.2. The highest BCUT2D eigenvalue weighted by atomic mass is 19.3. The Morgan fingerprint density at radius 1 is 1.45 bits per heavy atom. The van der Waals surface area contributed by atoms with E-state index < -0.39 is 6.61 Å². The number of ether oxygens (including phenoxy) is 1. The van der Waals surface area contributed by atoms with Crippen LogP contribution in [0, 0.1) is 5.92 Å². The van der Waals surface area contributed by atoms with Gasteiger partial charge in [-0.25, -0.2) is 0 Å². The summed E-state index contributed by atoms with van der Waals surface area (Å²) in [5.41, 5.74) is 1.02. The van der Waals surface area contributed by atoms with Crippen molar-refractivity contribution >= 4 is 0 Å². The fourth-order valence-corrected chi connectivity index (χ4v) is 2.83.